The third kappa shape index (κ3) is 2.70. The third-order valence-corrected chi connectivity index (χ3v) is 3.05. The lowest BCUT2D eigenvalue weighted by Crippen LogP contribution is -2.42. The quantitative estimate of drug-likeness (QED) is 0.739. The second-order valence-corrected chi connectivity index (χ2v) is 4.18. The monoisotopic (exact) mass is 196 g/mol. The molecule has 0 aromatic heterocycles. The zero-order valence-corrected chi connectivity index (χ0v) is 9.11. The normalized spacial score (nSPS) is 29.1. The Labute approximate surface area is 86.3 Å². The van der Waals surface area contributed by atoms with Crippen LogP contribution in [-0.4, -0.2) is 35.2 Å². The summed E-state index contributed by atoms with van der Waals surface area (Å²) < 4.78 is 0. The van der Waals surface area contributed by atoms with Gasteiger partial charge in [0.25, 0.3) is 0 Å². The van der Waals surface area contributed by atoms with E-state index in [1.807, 2.05) is 6.92 Å². The lowest BCUT2D eigenvalue weighted by Gasteiger charge is -2.30. The molecular formula is C11H20N2O. The van der Waals surface area contributed by atoms with Crippen LogP contribution in [0.3, 0.4) is 0 Å². The molecule has 0 saturated heterocycles. The lowest BCUT2D eigenvalue weighted by molar-refractivity contribution is 0.0694. The first-order chi connectivity index (χ1) is 6.69. The summed E-state index contributed by atoms with van der Waals surface area (Å²) in [6, 6.07) is 2.53. The molecule has 0 heterocycles. The lowest BCUT2D eigenvalue weighted by atomic mass is 10.1. The van der Waals surface area contributed by atoms with E-state index in [9.17, 15) is 5.11 Å². The summed E-state index contributed by atoms with van der Waals surface area (Å²) in [4.78, 5) is 2.24. The van der Waals surface area contributed by atoms with Crippen LogP contribution in [0.1, 0.15) is 33.1 Å². The van der Waals surface area contributed by atoms with Gasteiger partial charge in [-0.1, -0.05) is 6.92 Å². The largest absolute Gasteiger partial charge is 0.391 e. The van der Waals surface area contributed by atoms with Gasteiger partial charge in [0.05, 0.1) is 18.1 Å². The van der Waals surface area contributed by atoms with E-state index < -0.39 is 0 Å². The van der Waals surface area contributed by atoms with Gasteiger partial charge in [-0.3, -0.25) is 4.90 Å². The van der Waals surface area contributed by atoms with E-state index in [4.69, 9.17) is 5.26 Å². The summed E-state index contributed by atoms with van der Waals surface area (Å²) in [5.41, 5.74) is 0. The molecule has 0 amide bonds. The fourth-order valence-electron chi connectivity index (χ4n) is 2.24. The first kappa shape index (κ1) is 11.5. The molecule has 3 atom stereocenters. The highest BCUT2D eigenvalue weighted by Gasteiger charge is 2.30. The van der Waals surface area contributed by atoms with Crippen LogP contribution < -0.4 is 0 Å². The van der Waals surface area contributed by atoms with Gasteiger partial charge in [0.15, 0.2) is 0 Å². The summed E-state index contributed by atoms with van der Waals surface area (Å²) >= 11 is 0. The summed E-state index contributed by atoms with van der Waals surface area (Å²) in [5, 5.41) is 18.5. The molecule has 3 unspecified atom stereocenters. The highest BCUT2D eigenvalue weighted by atomic mass is 16.3. The maximum absolute atomic E-state index is 9.75. The Balaban J connectivity index is 2.49. The predicted octanol–water partition coefficient (Wildman–Crippen LogP) is 1.38. The van der Waals surface area contributed by atoms with E-state index >= 15 is 0 Å². The molecule has 0 aromatic carbocycles. The van der Waals surface area contributed by atoms with Crippen LogP contribution in [0, 0.1) is 17.2 Å². The molecule has 1 N–H and O–H groups in total. The number of hydrogen-bond acceptors (Lipinski definition) is 3. The molecule has 3 nitrogen and oxygen atoms in total. The van der Waals surface area contributed by atoms with Gasteiger partial charge in [-0.15, -0.1) is 0 Å². The minimum Gasteiger partial charge on any atom is -0.391 e. The minimum absolute atomic E-state index is 0.0581. The topological polar surface area (TPSA) is 47.3 Å². The average molecular weight is 196 g/mol. The number of likely N-dealkylation sites (N-methyl/N-ethyl adjacent to an activating group) is 1. The summed E-state index contributed by atoms with van der Waals surface area (Å²) in [5.74, 6) is 0.0581. The number of nitriles is 1. The van der Waals surface area contributed by atoms with E-state index in [2.05, 4.69) is 17.9 Å². The Bertz CT molecular complexity index is 212. The molecule has 1 fully saturated rings. The maximum Gasteiger partial charge on any atom is 0.0695 e. The van der Waals surface area contributed by atoms with E-state index in [0.717, 1.165) is 32.4 Å². The van der Waals surface area contributed by atoms with Crippen LogP contribution in [0.4, 0.5) is 0 Å². The van der Waals surface area contributed by atoms with Gasteiger partial charge in [-0.2, -0.15) is 5.26 Å². The van der Waals surface area contributed by atoms with Gasteiger partial charge in [0.1, 0.15) is 0 Å². The number of rotatable bonds is 4. The highest BCUT2D eigenvalue weighted by molar-refractivity contribution is 4.88. The van der Waals surface area contributed by atoms with E-state index in [-0.39, 0.29) is 18.1 Å². The Kier molecular flexibility index (Phi) is 4.37. The Morgan fingerprint density at radius 3 is 2.71 bits per heavy atom. The molecule has 1 aliphatic carbocycles. The van der Waals surface area contributed by atoms with Gasteiger partial charge in [-0.25, -0.2) is 0 Å². The molecule has 0 spiro atoms. The van der Waals surface area contributed by atoms with Crippen molar-refractivity contribution >= 4 is 0 Å². The standard InChI is InChI=1S/C11H20N2O/c1-3-13(8-9(2)7-12)10-5-4-6-11(10)14/h9-11,14H,3-6,8H2,1-2H3. The number of nitrogens with zero attached hydrogens (tertiary/aromatic N) is 2. The summed E-state index contributed by atoms with van der Waals surface area (Å²) in [6.07, 6.45) is 2.93. The Hall–Kier alpha value is -0.590. The molecule has 1 rings (SSSR count). The third-order valence-electron chi connectivity index (χ3n) is 3.05. The molecule has 3 heteroatoms. The molecule has 0 bridgehead atoms. The van der Waals surface area contributed by atoms with Crippen molar-refractivity contribution < 1.29 is 5.11 Å². The van der Waals surface area contributed by atoms with Crippen LogP contribution >= 0.6 is 0 Å². The van der Waals surface area contributed by atoms with Crippen molar-refractivity contribution in [1.29, 1.82) is 5.26 Å². The average Bonchev–Trinajstić information content (AvgIpc) is 2.60. The van der Waals surface area contributed by atoms with Crippen LogP contribution in [0.5, 0.6) is 0 Å². The Morgan fingerprint density at radius 1 is 1.57 bits per heavy atom. The predicted molar refractivity (Wildman–Crippen MR) is 55.7 cm³/mol. The molecule has 80 valence electrons. The van der Waals surface area contributed by atoms with Gasteiger partial charge in [0, 0.05) is 12.6 Å². The van der Waals surface area contributed by atoms with Crippen molar-refractivity contribution in [2.75, 3.05) is 13.1 Å². The van der Waals surface area contributed by atoms with Crippen molar-refractivity contribution in [3.8, 4) is 6.07 Å². The SMILES string of the molecule is CCN(CC(C)C#N)C1CCCC1O. The summed E-state index contributed by atoms with van der Waals surface area (Å²) in [7, 11) is 0. The minimum atomic E-state index is -0.180. The number of hydrogen-bond donors (Lipinski definition) is 1. The van der Waals surface area contributed by atoms with Crippen molar-refractivity contribution in [2.45, 2.75) is 45.3 Å². The highest BCUT2D eigenvalue weighted by Crippen LogP contribution is 2.24. The zero-order valence-electron chi connectivity index (χ0n) is 9.11. The van der Waals surface area contributed by atoms with Crippen molar-refractivity contribution in [3.63, 3.8) is 0 Å². The van der Waals surface area contributed by atoms with E-state index in [1.54, 1.807) is 0 Å². The second-order valence-electron chi connectivity index (χ2n) is 4.18. The maximum atomic E-state index is 9.75. The van der Waals surface area contributed by atoms with Crippen molar-refractivity contribution in [2.24, 2.45) is 5.92 Å². The Morgan fingerprint density at radius 2 is 2.29 bits per heavy atom. The number of aliphatic hydroxyl groups excluding tert-OH is 1. The fourth-order valence-corrected chi connectivity index (χ4v) is 2.24. The molecule has 0 aromatic rings. The van der Waals surface area contributed by atoms with Crippen LogP contribution in [0.25, 0.3) is 0 Å². The molecule has 14 heavy (non-hydrogen) atoms. The molecule has 1 aliphatic rings. The van der Waals surface area contributed by atoms with Gasteiger partial charge < -0.3 is 5.11 Å². The van der Waals surface area contributed by atoms with E-state index in [1.165, 1.54) is 0 Å². The van der Waals surface area contributed by atoms with Gasteiger partial charge in [-0.05, 0) is 32.7 Å². The second kappa shape index (κ2) is 5.33. The molecule has 1 saturated carbocycles. The fraction of sp³-hybridized carbons (Fsp3) is 0.909. The van der Waals surface area contributed by atoms with Gasteiger partial charge in [0.2, 0.25) is 0 Å². The molecule has 0 aliphatic heterocycles. The van der Waals surface area contributed by atoms with Crippen LogP contribution in [0.2, 0.25) is 0 Å². The molecular weight excluding hydrogens is 176 g/mol. The van der Waals surface area contributed by atoms with Crippen molar-refractivity contribution in [3.05, 3.63) is 0 Å². The van der Waals surface area contributed by atoms with Crippen molar-refractivity contribution in [1.82, 2.24) is 4.90 Å². The first-order valence-electron chi connectivity index (χ1n) is 5.50. The summed E-state index contributed by atoms with van der Waals surface area (Å²) in [6.45, 7) is 5.74. The zero-order chi connectivity index (χ0) is 10.6. The van der Waals surface area contributed by atoms with Gasteiger partial charge >= 0.3 is 0 Å². The first-order valence-corrected chi connectivity index (χ1v) is 5.50. The van der Waals surface area contributed by atoms with E-state index in [0.29, 0.717) is 0 Å². The van der Waals surface area contributed by atoms with Crippen LogP contribution in [-0.2, 0) is 0 Å². The van der Waals surface area contributed by atoms with Crippen LogP contribution in [0.15, 0.2) is 0 Å². The number of aliphatic hydroxyl groups is 1. The molecule has 0 radical (unpaired) electrons. The smallest absolute Gasteiger partial charge is 0.0695 e.